The van der Waals surface area contributed by atoms with Crippen LogP contribution >= 0.6 is 0 Å². The summed E-state index contributed by atoms with van der Waals surface area (Å²) >= 11 is 0. The average molecular weight is 611 g/mol. The molecule has 0 saturated carbocycles. The predicted molar refractivity (Wildman–Crippen MR) is 160 cm³/mol. The van der Waals surface area contributed by atoms with Crippen molar-refractivity contribution in [2.75, 3.05) is 6.54 Å². The Morgan fingerprint density at radius 2 is 1.59 bits per heavy atom. The number of aryl methyl sites for hydroxylation is 1. The molecule has 0 spiro atoms. The molecule has 0 unspecified atom stereocenters. The number of nitrogens with zero attached hydrogens (tertiary/aromatic N) is 1. The predicted octanol–water partition coefficient (Wildman–Crippen LogP) is 2.10. The van der Waals surface area contributed by atoms with Gasteiger partial charge in [0, 0.05) is 13.0 Å². The molecule has 1 aliphatic rings. The minimum Gasteiger partial charge on any atom is -0.456 e. The first-order valence-corrected chi connectivity index (χ1v) is 14.6. The lowest BCUT2D eigenvalue weighted by atomic mass is 9.72. The first-order chi connectivity index (χ1) is 20.7. The molecule has 0 aromatic heterocycles. The number of nitrogens with one attached hydrogen (secondary N) is 1. The van der Waals surface area contributed by atoms with Gasteiger partial charge in [0.05, 0.1) is 6.42 Å². The maximum absolute atomic E-state index is 14.1. The van der Waals surface area contributed by atoms with E-state index >= 15 is 0 Å². The molecule has 238 valence electrons. The van der Waals surface area contributed by atoms with E-state index in [0.717, 1.165) is 10.5 Å². The summed E-state index contributed by atoms with van der Waals surface area (Å²) in [6.07, 6.45) is -0.970. The number of primary amides is 1. The van der Waals surface area contributed by atoms with Gasteiger partial charge >= 0.3 is 12.1 Å². The van der Waals surface area contributed by atoms with Crippen LogP contribution in [-0.4, -0.2) is 69.1 Å². The molecule has 0 bridgehead atoms. The highest BCUT2D eigenvalue weighted by Crippen LogP contribution is 2.38. The van der Waals surface area contributed by atoms with Gasteiger partial charge in [-0.25, -0.2) is 9.59 Å². The largest absolute Gasteiger partial charge is 0.456 e. The topological polar surface area (TPSA) is 191 Å². The molecule has 44 heavy (non-hydrogen) atoms. The number of nitrogens with two attached hydrogens (primary N) is 2. The second-order valence-corrected chi connectivity index (χ2v) is 11.9. The van der Waals surface area contributed by atoms with Gasteiger partial charge in [-0.2, -0.15) is 0 Å². The third kappa shape index (κ3) is 8.42. The van der Waals surface area contributed by atoms with E-state index in [2.05, 4.69) is 5.32 Å². The Kier molecular flexibility index (Phi) is 11.2. The quantitative estimate of drug-likeness (QED) is 0.261. The van der Waals surface area contributed by atoms with Crippen molar-refractivity contribution in [3.05, 3.63) is 71.8 Å². The van der Waals surface area contributed by atoms with E-state index in [9.17, 15) is 29.1 Å². The van der Waals surface area contributed by atoms with E-state index in [1.54, 1.807) is 51.1 Å². The first-order valence-electron chi connectivity index (χ1n) is 14.6. The van der Waals surface area contributed by atoms with Crippen LogP contribution in [0.4, 0.5) is 4.79 Å². The second kappa shape index (κ2) is 14.5. The number of likely N-dealkylation sites (tertiary alicyclic amines) is 1. The Morgan fingerprint density at radius 3 is 2.16 bits per heavy atom. The molecule has 3 amide bonds. The van der Waals surface area contributed by atoms with Crippen LogP contribution in [0.5, 0.6) is 0 Å². The Labute approximate surface area is 257 Å². The standard InChI is InChI=1S/C32H42N4O8/c1-30(2,3)44-28(40)32(42)31(34,18-11-19-36(32)26(38)17-10-16-22-12-6-4-7-13-22)27(39)24(20-25(33)37)35-29(41)43-21-23-14-8-5-9-15-23/h4-9,12-15,24,42H,10-11,16-21,34H2,1-3H3,(H2,33,37)(H,35,41)/t24-,31+,32+/m0/s1. The van der Waals surface area contributed by atoms with Crippen molar-refractivity contribution in [2.24, 2.45) is 11.5 Å². The van der Waals surface area contributed by atoms with Gasteiger partial charge in [-0.05, 0) is 57.6 Å². The molecule has 1 heterocycles. The summed E-state index contributed by atoms with van der Waals surface area (Å²) in [5, 5.41) is 14.4. The van der Waals surface area contributed by atoms with E-state index in [0.29, 0.717) is 18.4 Å². The number of carbonyl (C=O) groups is 5. The summed E-state index contributed by atoms with van der Waals surface area (Å²) in [7, 11) is 0. The molecule has 12 nitrogen and oxygen atoms in total. The monoisotopic (exact) mass is 610 g/mol. The van der Waals surface area contributed by atoms with Gasteiger partial charge in [-0.15, -0.1) is 0 Å². The summed E-state index contributed by atoms with van der Waals surface area (Å²) in [5.41, 5.74) is 7.14. The normalized spacial score (nSPS) is 20.7. The molecule has 2 aromatic rings. The number of rotatable bonds is 12. The number of hydrogen-bond donors (Lipinski definition) is 4. The molecular weight excluding hydrogens is 568 g/mol. The fourth-order valence-corrected chi connectivity index (χ4v) is 5.19. The van der Waals surface area contributed by atoms with Gasteiger partial charge in [-0.3, -0.25) is 14.4 Å². The zero-order chi connectivity index (χ0) is 32.5. The molecule has 3 atom stereocenters. The van der Waals surface area contributed by atoms with Crippen LogP contribution in [0.2, 0.25) is 0 Å². The van der Waals surface area contributed by atoms with Crippen molar-refractivity contribution in [2.45, 2.75) is 88.8 Å². The molecular formula is C32H42N4O8. The number of piperidine rings is 1. The van der Waals surface area contributed by atoms with Crippen LogP contribution < -0.4 is 16.8 Å². The fourth-order valence-electron chi connectivity index (χ4n) is 5.19. The van der Waals surface area contributed by atoms with Crippen molar-refractivity contribution >= 4 is 29.7 Å². The SMILES string of the molecule is CC(C)(C)OC(=O)[C@]1(O)N(C(=O)CCCc2ccccc2)CCC[C@@]1(N)C(=O)[C@H](CC(N)=O)NC(=O)OCc1ccccc1. The number of aliphatic hydroxyl groups is 1. The van der Waals surface area contributed by atoms with Crippen LogP contribution in [0, 0.1) is 0 Å². The number of alkyl carbamates (subject to hydrolysis) is 1. The van der Waals surface area contributed by atoms with Crippen LogP contribution in [0.1, 0.15) is 64.0 Å². The highest BCUT2D eigenvalue weighted by molar-refractivity contribution is 6.04. The summed E-state index contributed by atoms with van der Waals surface area (Å²) in [4.78, 5) is 66.9. The average Bonchev–Trinajstić information content (AvgIpc) is 2.96. The summed E-state index contributed by atoms with van der Waals surface area (Å²) in [6, 6.07) is 16.5. The molecule has 12 heteroatoms. The number of carbonyl (C=O) groups excluding carboxylic acids is 5. The number of ketones is 1. The van der Waals surface area contributed by atoms with Crippen LogP contribution in [-0.2, 0) is 41.7 Å². The lowest BCUT2D eigenvalue weighted by Crippen LogP contribution is -2.81. The first kappa shape index (κ1) is 34.2. The molecule has 0 radical (unpaired) electrons. The van der Waals surface area contributed by atoms with E-state index < -0.39 is 59.0 Å². The van der Waals surface area contributed by atoms with Gasteiger partial charge in [0.2, 0.25) is 11.8 Å². The Hall–Kier alpha value is -4.29. The molecule has 1 fully saturated rings. The zero-order valence-electron chi connectivity index (χ0n) is 25.4. The third-order valence-corrected chi connectivity index (χ3v) is 7.32. The molecule has 6 N–H and O–H groups in total. The number of esters is 1. The summed E-state index contributed by atoms with van der Waals surface area (Å²) in [5.74, 6) is -3.95. The highest BCUT2D eigenvalue weighted by atomic mass is 16.6. The van der Waals surface area contributed by atoms with Crippen LogP contribution in [0.25, 0.3) is 0 Å². The zero-order valence-corrected chi connectivity index (χ0v) is 25.4. The summed E-state index contributed by atoms with van der Waals surface area (Å²) in [6.45, 7) is 4.46. The molecule has 1 aliphatic heterocycles. The van der Waals surface area contributed by atoms with Crippen molar-refractivity contribution < 1.29 is 38.6 Å². The van der Waals surface area contributed by atoms with Crippen molar-refractivity contribution in [3.8, 4) is 0 Å². The second-order valence-electron chi connectivity index (χ2n) is 11.9. The van der Waals surface area contributed by atoms with E-state index in [4.69, 9.17) is 20.9 Å². The number of Topliss-reactive ketones (excluding diaryl/α,β-unsaturated/α-hetero) is 1. The maximum atomic E-state index is 14.1. The van der Waals surface area contributed by atoms with Gasteiger partial charge in [0.25, 0.3) is 5.72 Å². The van der Waals surface area contributed by atoms with E-state index in [1.807, 2.05) is 30.3 Å². The number of hydrogen-bond acceptors (Lipinski definition) is 9. The third-order valence-electron chi connectivity index (χ3n) is 7.32. The van der Waals surface area contributed by atoms with Gasteiger partial charge in [0.15, 0.2) is 5.78 Å². The molecule has 3 rings (SSSR count). The maximum Gasteiger partial charge on any atom is 0.408 e. The smallest absolute Gasteiger partial charge is 0.408 e. The fraction of sp³-hybridized carbons (Fsp3) is 0.469. The number of amides is 3. The van der Waals surface area contributed by atoms with Gasteiger partial charge in [-0.1, -0.05) is 60.7 Å². The lowest BCUT2D eigenvalue weighted by molar-refractivity contribution is -0.224. The lowest BCUT2D eigenvalue weighted by Gasteiger charge is -2.52. The summed E-state index contributed by atoms with van der Waals surface area (Å²) < 4.78 is 10.7. The number of ether oxygens (including phenoxy) is 2. The molecule has 2 aromatic carbocycles. The van der Waals surface area contributed by atoms with E-state index in [-0.39, 0.29) is 32.4 Å². The minimum absolute atomic E-state index is 0.0565. The highest BCUT2D eigenvalue weighted by Gasteiger charge is 2.66. The Morgan fingerprint density at radius 1 is 1.00 bits per heavy atom. The van der Waals surface area contributed by atoms with Crippen LogP contribution in [0.3, 0.4) is 0 Å². The van der Waals surface area contributed by atoms with E-state index in [1.165, 1.54) is 0 Å². The van der Waals surface area contributed by atoms with Crippen molar-refractivity contribution in [3.63, 3.8) is 0 Å². The van der Waals surface area contributed by atoms with Crippen molar-refractivity contribution in [1.82, 2.24) is 10.2 Å². The minimum atomic E-state index is -2.95. The molecule has 1 saturated heterocycles. The van der Waals surface area contributed by atoms with Crippen LogP contribution in [0.15, 0.2) is 60.7 Å². The van der Waals surface area contributed by atoms with Gasteiger partial charge in [0.1, 0.15) is 23.8 Å². The number of benzene rings is 2. The molecule has 0 aliphatic carbocycles. The van der Waals surface area contributed by atoms with Crippen molar-refractivity contribution in [1.29, 1.82) is 0 Å². The Balaban J connectivity index is 1.90. The Bertz CT molecular complexity index is 1330. The van der Waals surface area contributed by atoms with Gasteiger partial charge < -0.3 is 36.3 Å².